The zero-order chi connectivity index (χ0) is 29.4. The van der Waals surface area contributed by atoms with E-state index < -0.39 is 5.79 Å². The van der Waals surface area contributed by atoms with Crippen LogP contribution in [0.25, 0.3) is 11.0 Å². The molecule has 0 spiro atoms. The van der Waals surface area contributed by atoms with Gasteiger partial charge in [0.15, 0.2) is 17.3 Å². The van der Waals surface area contributed by atoms with Crippen molar-refractivity contribution in [1.82, 2.24) is 24.4 Å². The van der Waals surface area contributed by atoms with Gasteiger partial charge in [-0.25, -0.2) is 4.98 Å². The number of para-hydroxylation sites is 1. The van der Waals surface area contributed by atoms with Gasteiger partial charge in [0.05, 0.1) is 41.4 Å². The number of nitrogens with two attached hydrogens (primary N) is 1. The summed E-state index contributed by atoms with van der Waals surface area (Å²) in [7, 11) is 1.70. The summed E-state index contributed by atoms with van der Waals surface area (Å²) >= 11 is 6.04. The molecule has 3 N–H and O–H groups in total. The minimum absolute atomic E-state index is 0.00760. The summed E-state index contributed by atoms with van der Waals surface area (Å²) in [6.07, 6.45) is 5.26. The van der Waals surface area contributed by atoms with Crippen LogP contribution in [0.4, 0.5) is 0 Å². The van der Waals surface area contributed by atoms with Crippen LogP contribution < -0.4 is 15.2 Å². The minimum atomic E-state index is -1.01. The lowest BCUT2D eigenvalue weighted by atomic mass is 9.88. The lowest BCUT2D eigenvalue weighted by Crippen LogP contribution is -2.34. The number of rotatable bonds is 8. The number of pyridine rings is 2. The Bertz CT molecular complexity index is 1620. The number of halogens is 1. The fourth-order valence-electron chi connectivity index (χ4n) is 5.74. The first kappa shape index (κ1) is 28.2. The Hall–Kier alpha value is -3.93. The number of imidazole rings is 1. The molecule has 0 amide bonds. The van der Waals surface area contributed by atoms with Gasteiger partial charge in [0.2, 0.25) is 0 Å². The van der Waals surface area contributed by atoms with Crippen LogP contribution >= 0.6 is 11.6 Å². The summed E-state index contributed by atoms with van der Waals surface area (Å²) in [5.74, 6) is 1.72. The normalized spacial score (nSPS) is 20.3. The van der Waals surface area contributed by atoms with Crippen molar-refractivity contribution in [1.29, 1.82) is 0 Å². The molecule has 5 heterocycles. The molecule has 0 radical (unpaired) electrons. The molecule has 3 aromatic heterocycles. The molecule has 1 saturated heterocycles. The van der Waals surface area contributed by atoms with Crippen molar-refractivity contribution in [2.75, 3.05) is 20.2 Å². The number of fused-ring (bicyclic) bond motifs is 2. The number of amidine groups is 1. The van der Waals surface area contributed by atoms with Gasteiger partial charge in [0, 0.05) is 25.8 Å². The number of benzene rings is 1. The van der Waals surface area contributed by atoms with E-state index in [1.807, 2.05) is 32.0 Å². The molecule has 6 rings (SSSR count). The standard InChI is InChI=1S/C30H34ClN7O4/c1-18(40-3)16-38-24-15-33-23(29(32)36-39)13-22(24)35-27(38)17-37-11-9-19(10-12-37)21-5-4-6-25-28(21)42-30(2,41-25)26-8-7-20(31)14-34-26/h4-8,13-15,18-19,39H,9-12,16-17H2,1-3H3,(H2,32,36). The van der Waals surface area contributed by atoms with E-state index in [1.54, 1.807) is 31.6 Å². The van der Waals surface area contributed by atoms with Crippen LogP contribution in [0.15, 0.2) is 53.9 Å². The fourth-order valence-corrected chi connectivity index (χ4v) is 5.85. The number of oxime groups is 1. The van der Waals surface area contributed by atoms with Crippen LogP contribution in [0.3, 0.4) is 0 Å². The highest BCUT2D eigenvalue weighted by Crippen LogP contribution is 2.49. The largest absolute Gasteiger partial charge is 0.443 e. The molecule has 0 aliphatic carbocycles. The molecule has 12 heteroatoms. The maximum atomic E-state index is 9.08. The minimum Gasteiger partial charge on any atom is -0.443 e. The second-order valence-electron chi connectivity index (χ2n) is 11.0. The van der Waals surface area contributed by atoms with E-state index in [1.165, 1.54) is 0 Å². The van der Waals surface area contributed by atoms with Gasteiger partial charge < -0.3 is 29.7 Å². The van der Waals surface area contributed by atoms with Crippen molar-refractivity contribution in [2.24, 2.45) is 10.9 Å². The Morgan fingerprint density at radius 1 is 1.21 bits per heavy atom. The molecule has 2 aliphatic heterocycles. The molecule has 0 saturated carbocycles. The average molecular weight is 592 g/mol. The first-order valence-electron chi connectivity index (χ1n) is 14.0. The lowest BCUT2D eigenvalue weighted by Gasteiger charge is -2.32. The van der Waals surface area contributed by atoms with Crippen molar-refractivity contribution < 1.29 is 19.4 Å². The first-order valence-corrected chi connectivity index (χ1v) is 14.4. The van der Waals surface area contributed by atoms with Gasteiger partial charge in [0.25, 0.3) is 5.79 Å². The van der Waals surface area contributed by atoms with Crippen LogP contribution in [0.1, 0.15) is 55.4 Å². The lowest BCUT2D eigenvalue weighted by molar-refractivity contribution is -0.0722. The van der Waals surface area contributed by atoms with Crippen LogP contribution in [0.5, 0.6) is 11.5 Å². The van der Waals surface area contributed by atoms with Crippen molar-refractivity contribution in [2.45, 2.75) is 57.6 Å². The molecule has 42 heavy (non-hydrogen) atoms. The van der Waals surface area contributed by atoms with E-state index in [4.69, 9.17) is 41.7 Å². The molecule has 11 nitrogen and oxygen atoms in total. The molecule has 2 unspecified atom stereocenters. The second kappa shape index (κ2) is 11.4. The number of piperidine rings is 1. The maximum absolute atomic E-state index is 9.08. The van der Waals surface area contributed by atoms with Gasteiger partial charge in [0.1, 0.15) is 17.2 Å². The fraction of sp³-hybridized carbons (Fsp3) is 0.400. The van der Waals surface area contributed by atoms with Gasteiger partial charge in [-0.15, -0.1) is 0 Å². The molecular formula is C30H34ClN7O4. The van der Waals surface area contributed by atoms with Crippen LogP contribution in [0, 0.1) is 0 Å². The molecule has 1 fully saturated rings. The summed E-state index contributed by atoms with van der Waals surface area (Å²) in [6, 6.07) is 11.5. The quantitative estimate of drug-likeness (QED) is 0.130. The van der Waals surface area contributed by atoms with E-state index in [0.29, 0.717) is 35.4 Å². The number of hydrogen-bond donors (Lipinski definition) is 2. The molecule has 0 bridgehead atoms. The number of nitrogens with zero attached hydrogens (tertiary/aromatic N) is 6. The van der Waals surface area contributed by atoms with E-state index >= 15 is 0 Å². The van der Waals surface area contributed by atoms with Gasteiger partial charge in [-0.2, -0.15) is 0 Å². The monoisotopic (exact) mass is 591 g/mol. The Morgan fingerprint density at radius 2 is 2.02 bits per heavy atom. The second-order valence-corrected chi connectivity index (χ2v) is 11.4. The third-order valence-electron chi connectivity index (χ3n) is 8.12. The van der Waals surface area contributed by atoms with Crippen molar-refractivity contribution in [3.8, 4) is 11.5 Å². The Kier molecular flexibility index (Phi) is 7.65. The predicted octanol–water partition coefficient (Wildman–Crippen LogP) is 4.63. The molecule has 220 valence electrons. The molecule has 2 aliphatic rings. The predicted molar refractivity (Wildman–Crippen MR) is 158 cm³/mol. The Labute approximate surface area is 248 Å². The van der Waals surface area contributed by atoms with Crippen molar-refractivity contribution in [3.05, 3.63) is 76.6 Å². The van der Waals surface area contributed by atoms with Crippen LogP contribution in [-0.2, 0) is 23.6 Å². The van der Waals surface area contributed by atoms with Gasteiger partial charge in [-0.3, -0.25) is 14.9 Å². The number of ether oxygens (including phenoxy) is 3. The molecular weight excluding hydrogens is 558 g/mol. The van der Waals surface area contributed by atoms with E-state index in [2.05, 4.69) is 30.7 Å². The highest BCUT2D eigenvalue weighted by atomic mass is 35.5. The number of hydrogen-bond acceptors (Lipinski definition) is 9. The van der Waals surface area contributed by atoms with Gasteiger partial charge in [-0.1, -0.05) is 28.9 Å². The smallest absolute Gasteiger partial charge is 0.292 e. The third-order valence-corrected chi connectivity index (χ3v) is 8.35. The number of likely N-dealkylation sites (tertiary alicyclic amines) is 1. The van der Waals surface area contributed by atoms with Crippen molar-refractivity contribution in [3.63, 3.8) is 0 Å². The van der Waals surface area contributed by atoms with Gasteiger partial charge >= 0.3 is 0 Å². The topological polar surface area (TPSA) is 133 Å². The zero-order valence-electron chi connectivity index (χ0n) is 23.8. The molecule has 2 atom stereocenters. The number of aromatic nitrogens is 4. The van der Waals surface area contributed by atoms with Gasteiger partial charge in [-0.05, 0) is 63.0 Å². The summed E-state index contributed by atoms with van der Waals surface area (Å²) in [5, 5.41) is 12.7. The highest BCUT2D eigenvalue weighted by molar-refractivity contribution is 6.30. The van der Waals surface area contributed by atoms with E-state index in [0.717, 1.165) is 59.9 Å². The summed E-state index contributed by atoms with van der Waals surface area (Å²) in [5.41, 5.74) is 9.62. The highest BCUT2D eigenvalue weighted by Gasteiger charge is 2.42. The number of methoxy groups -OCH3 is 1. The average Bonchev–Trinajstić information content (AvgIpc) is 3.53. The van der Waals surface area contributed by atoms with E-state index in [-0.39, 0.29) is 11.9 Å². The Morgan fingerprint density at radius 3 is 2.74 bits per heavy atom. The summed E-state index contributed by atoms with van der Waals surface area (Å²) in [4.78, 5) is 16.2. The van der Waals surface area contributed by atoms with E-state index in [9.17, 15) is 0 Å². The Balaban J connectivity index is 1.18. The molecule has 1 aromatic carbocycles. The first-order chi connectivity index (χ1) is 20.3. The zero-order valence-corrected chi connectivity index (χ0v) is 24.6. The maximum Gasteiger partial charge on any atom is 0.292 e. The van der Waals surface area contributed by atoms with Crippen LogP contribution in [-0.4, -0.2) is 61.8 Å². The summed E-state index contributed by atoms with van der Waals surface area (Å²) in [6.45, 7) is 7.04. The molecule has 4 aromatic rings. The van der Waals surface area contributed by atoms with Crippen LogP contribution in [0.2, 0.25) is 5.02 Å². The third kappa shape index (κ3) is 5.35. The summed E-state index contributed by atoms with van der Waals surface area (Å²) < 4.78 is 20.4. The van der Waals surface area contributed by atoms with Crippen molar-refractivity contribution >= 4 is 28.5 Å². The SMILES string of the molecule is COC(C)Cn1c(CN2CCC(c3cccc4c3OC(C)(c3ccc(Cl)cn3)O4)CC2)nc2cc(C(N)=NO)ncc21.